The summed E-state index contributed by atoms with van der Waals surface area (Å²) in [6.07, 6.45) is -0.473. The summed E-state index contributed by atoms with van der Waals surface area (Å²) in [6, 6.07) is 5.53. The maximum atomic E-state index is 10.7. The zero-order valence-corrected chi connectivity index (χ0v) is 10.0. The van der Waals surface area contributed by atoms with Gasteiger partial charge in [0, 0.05) is 0 Å². The first kappa shape index (κ1) is 12.6. The van der Waals surface area contributed by atoms with Crippen molar-refractivity contribution in [1.82, 2.24) is 5.32 Å². The van der Waals surface area contributed by atoms with Gasteiger partial charge >= 0.3 is 6.09 Å². The Kier molecular flexibility index (Phi) is 4.92. The van der Waals surface area contributed by atoms with Crippen molar-refractivity contribution in [2.24, 2.45) is 0 Å². The largest absolute Gasteiger partial charge is 0.490 e. The van der Waals surface area contributed by atoms with Gasteiger partial charge in [-0.25, -0.2) is 4.79 Å². The summed E-state index contributed by atoms with van der Waals surface area (Å²) >= 11 is 5.93. The monoisotopic (exact) mass is 243 g/mol. The highest BCUT2D eigenvalue weighted by molar-refractivity contribution is 6.32. The summed E-state index contributed by atoms with van der Waals surface area (Å²) in [6.45, 7) is 2.67. The van der Waals surface area contributed by atoms with Crippen LogP contribution in [-0.2, 0) is 4.74 Å². The molecule has 1 aromatic carbocycles. The lowest BCUT2D eigenvalue weighted by Gasteiger charge is -2.09. The van der Waals surface area contributed by atoms with Crippen LogP contribution in [0.25, 0.3) is 0 Å². The quantitative estimate of drug-likeness (QED) is 0.826. The van der Waals surface area contributed by atoms with E-state index in [-0.39, 0.29) is 0 Å². The van der Waals surface area contributed by atoms with E-state index in [1.165, 1.54) is 7.11 Å². The smallest absolute Gasteiger partial charge is 0.406 e. The summed E-state index contributed by atoms with van der Waals surface area (Å²) in [4.78, 5) is 10.7. The van der Waals surface area contributed by atoms with Gasteiger partial charge in [0.15, 0.2) is 0 Å². The number of hydrogen-bond acceptors (Lipinski definition) is 3. The third kappa shape index (κ3) is 3.98. The number of amides is 1. The summed E-state index contributed by atoms with van der Waals surface area (Å²) < 4.78 is 9.82. The number of hydrogen-bond donors (Lipinski definition) is 1. The fraction of sp³-hybridized carbons (Fsp3) is 0.364. The Morgan fingerprint density at radius 2 is 2.25 bits per heavy atom. The zero-order valence-electron chi connectivity index (χ0n) is 9.25. The molecule has 0 aliphatic rings. The van der Waals surface area contributed by atoms with Crippen LogP contribution in [-0.4, -0.2) is 26.4 Å². The Morgan fingerprint density at radius 3 is 2.94 bits per heavy atom. The number of aryl methyl sites for hydroxylation is 1. The zero-order chi connectivity index (χ0) is 12.0. The van der Waals surface area contributed by atoms with Crippen LogP contribution in [0.1, 0.15) is 5.56 Å². The number of benzene rings is 1. The molecule has 0 atom stereocenters. The van der Waals surface area contributed by atoms with Gasteiger partial charge in [0.2, 0.25) is 0 Å². The number of alkyl carbamates (subject to hydrolysis) is 1. The van der Waals surface area contributed by atoms with Gasteiger partial charge in [-0.05, 0) is 24.6 Å². The molecule has 1 amide bonds. The highest BCUT2D eigenvalue weighted by atomic mass is 35.5. The van der Waals surface area contributed by atoms with Crippen molar-refractivity contribution >= 4 is 17.7 Å². The first-order valence-corrected chi connectivity index (χ1v) is 5.22. The summed E-state index contributed by atoms with van der Waals surface area (Å²) in [5.41, 5.74) is 1.07. The number of nitrogens with one attached hydrogen (secondary N) is 1. The lowest BCUT2D eigenvalue weighted by Crippen LogP contribution is -2.27. The Hall–Kier alpha value is -1.42. The van der Waals surface area contributed by atoms with Crippen molar-refractivity contribution in [1.29, 1.82) is 0 Å². The topological polar surface area (TPSA) is 47.6 Å². The first-order chi connectivity index (χ1) is 7.63. The van der Waals surface area contributed by atoms with E-state index < -0.39 is 6.09 Å². The Bertz CT molecular complexity index is 368. The molecule has 0 spiro atoms. The molecule has 1 aromatic rings. The van der Waals surface area contributed by atoms with Gasteiger partial charge in [-0.3, -0.25) is 0 Å². The SMILES string of the molecule is COC(=O)NCCOc1cc(C)ccc1Cl. The number of rotatable bonds is 4. The second-order valence-corrected chi connectivity index (χ2v) is 3.61. The van der Waals surface area contributed by atoms with Crippen LogP contribution in [0.15, 0.2) is 18.2 Å². The molecule has 0 saturated carbocycles. The van der Waals surface area contributed by atoms with E-state index in [1.54, 1.807) is 6.07 Å². The molecule has 16 heavy (non-hydrogen) atoms. The standard InChI is InChI=1S/C11H14ClNO3/c1-8-3-4-9(12)10(7-8)16-6-5-13-11(14)15-2/h3-4,7H,5-6H2,1-2H3,(H,13,14). The highest BCUT2D eigenvalue weighted by Gasteiger charge is 2.02. The average molecular weight is 244 g/mol. The number of carbonyl (C=O) groups is 1. The molecule has 0 fully saturated rings. The average Bonchev–Trinajstić information content (AvgIpc) is 2.28. The maximum Gasteiger partial charge on any atom is 0.406 e. The molecule has 0 aromatic heterocycles. The van der Waals surface area contributed by atoms with Crippen molar-refractivity contribution in [3.63, 3.8) is 0 Å². The van der Waals surface area contributed by atoms with E-state index in [9.17, 15) is 4.79 Å². The molecule has 0 aliphatic carbocycles. The summed E-state index contributed by atoms with van der Waals surface area (Å²) in [5, 5.41) is 3.07. The summed E-state index contributed by atoms with van der Waals surface area (Å²) in [5.74, 6) is 0.619. The van der Waals surface area contributed by atoms with Gasteiger partial charge in [-0.1, -0.05) is 17.7 Å². The minimum Gasteiger partial charge on any atom is -0.490 e. The van der Waals surface area contributed by atoms with Crippen LogP contribution in [0, 0.1) is 6.92 Å². The minimum absolute atomic E-state index is 0.346. The Balaban J connectivity index is 2.37. The Labute approximate surface area is 99.5 Å². The fourth-order valence-corrected chi connectivity index (χ4v) is 1.28. The van der Waals surface area contributed by atoms with E-state index in [0.29, 0.717) is 23.9 Å². The molecule has 1 N–H and O–H groups in total. The van der Waals surface area contributed by atoms with Gasteiger partial charge in [0.05, 0.1) is 18.7 Å². The molecule has 0 saturated heterocycles. The van der Waals surface area contributed by atoms with Crippen LogP contribution in [0.3, 0.4) is 0 Å². The predicted octanol–water partition coefficient (Wildman–Crippen LogP) is 2.38. The third-order valence-corrected chi connectivity index (χ3v) is 2.21. The molecule has 88 valence electrons. The number of halogens is 1. The van der Waals surface area contributed by atoms with E-state index in [2.05, 4.69) is 10.1 Å². The molecule has 5 heteroatoms. The molecule has 0 bridgehead atoms. The molecule has 4 nitrogen and oxygen atoms in total. The number of carbonyl (C=O) groups excluding carboxylic acids is 1. The van der Waals surface area contributed by atoms with Gasteiger partial charge in [-0.2, -0.15) is 0 Å². The second-order valence-electron chi connectivity index (χ2n) is 3.20. The van der Waals surface area contributed by atoms with Gasteiger partial charge in [-0.15, -0.1) is 0 Å². The van der Waals surface area contributed by atoms with Gasteiger partial charge < -0.3 is 14.8 Å². The Morgan fingerprint density at radius 1 is 1.50 bits per heavy atom. The van der Waals surface area contributed by atoms with Crippen molar-refractivity contribution in [3.05, 3.63) is 28.8 Å². The first-order valence-electron chi connectivity index (χ1n) is 4.84. The van der Waals surface area contributed by atoms with Gasteiger partial charge in [0.25, 0.3) is 0 Å². The van der Waals surface area contributed by atoms with Gasteiger partial charge in [0.1, 0.15) is 12.4 Å². The second kappa shape index (κ2) is 6.23. The van der Waals surface area contributed by atoms with Crippen LogP contribution in [0.5, 0.6) is 5.75 Å². The lowest BCUT2D eigenvalue weighted by molar-refractivity contribution is 0.168. The molecule has 0 unspecified atom stereocenters. The minimum atomic E-state index is -0.473. The molecule has 0 aliphatic heterocycles. The van der Waals surface area contributed by atoms with Crippen LogP contribution < -0.4 is 10.1 Å². The highest BCUT2D eigenvalue weighted by Crippen LogP contribution is 2.24. The lowest BCUT2D eigenvalue weighted by atomic mass is 10.2. The van der Waals surface area contributed by atoms with Crippen LogP contribution in [0.2, 0.25) is 5.02 Å². The normalized spacial score (nSPS) is 9.69. The van der Waals surface area contributed by atoms with Crippen molar-refractivity contribution < 1.29 is 14.3 Å². The fourth-order valence-electron chi connectivity index (χ4n) is 1.11. The number of methoxy groups -OCH3 is 1. The van der Waals surface area contributed by atoms with E-state index in [0.717, 1.165) is 5.56 Å². The van der Waals surface area contributed by atoms with Crippen molar-refractivity contribution in [3.8, 4) is 5.75 Å². The van der Waals surface area contributed by atoms with Crippen molar-refractivity contribution in [2.75, 3.05) is 20.3 Å². The molecule has 1 rings (SSSR count). The van der Waals surface area contributed by atoms with E-state index in [1.807, 2.05) is 19.1 Å². The molecule has 0 radical (unpaired) electrons. The third-order valence-electron chi connectivity index (χ3n) is 1.90. The molecule has 0 heterocycles. The molecular weight excluding hydrogens is 230 g/mol. The molecular formula is C11H14ClNO3. The van der Waals surface area contributed by atoms with E-state index >= 15 is 0 Å². The maximum absolute atomic E-state index is 10.7. The summed E-state index contributed by atoms with van der Waals surface area (Å²) in [7, 11) is 1.31. The van der Waals surface area contributed by atoms with Crippen LogP contribution in [0.4, 0.5) is 4.79 Å². The predicted molar refractivity (Wildman–Crippen MR) is 62.1 cm³/mol. The van der Waals surface area contributed by atoms with Crippen LogP contribution >= 0.6 is 11.6 Å². The van der Waals surface area contributed by atoms with Crippen molar-refractivity contribution in [2.45, 2.75) is 6.92 Å². The number of ether oxygens (including phenoxy) is 2. The van der Waals surface area contributed by atoms with E-state index in [4.69, 9.17) is 16.3 Å².